The van der Waals surface area contributed by atoms with Gasteiger partial charge in [0, 0.05) is 17.1 Å². The second-order valence-corrected chi connectivity index (χ2v) is 4.53. The lowest BCUT2D eigenvalue weighted by Crippen LogP contribution is -1.85. The lowest BCUT2D eigenvalue weighted by atomic mass is 10.1. The van der Waals surface area contributed by atoms with Crippen LogP contribution in [0.5, 0.6) is 0 Å². The predicted molar refractivity (Wildman–Crippen MR) is 73.8 cm³/mol. The number of hydrogen-bond donors (Lipinski definition) is 1. The first kappa shape index (κ1) is 10.3. The van der Waals surface area contributed by atoms with E-state index in [9.17, 15) is 0 Å². The summed E-state index contributed by atoms with van der Waals surface area (Å²) in [5, 5.41) is 2.11. The zero-order chi connectivity index (χ0) is 12.8. The molecule has 0 aliphatic carbocycles. The van der Waals surface area contributed by atoms with E-state index in [1.807, 2.05) is 43.5 Å². The van der Waals surface area contributed by atoms with Crippen LogP contribution in [-0.4, -0.2) is 15.0 Å². The zero-order valence-electron chi connectivity index (χ0n) is 10.3. The highest BCUT2D eigenvalue weighted by atomic mass is 16.3. The molecular formula is C15H11N3O. The SMILES string of the molecule is Cc1ncnc2[nH]cc(-c3cc4ccccc4o3)c12. The van der Waals surface area contributed by atoms with Gasteiger partial charge in [0.2, 0.25) is 0 Å². The molecule has 4 heteroatoms. The molecule has 0 radical (unpaired) electrons. The third kappa shape index (κ3) is 1.46. The number of hydrogen-bond acceptors (Lipinski definition) is 3. The molecule has 3 aromatic heterocycles. The van der Waals surface area contributed by atoms with Gasteiger partial charge in [-0.2, -0.15) is 0 Å². The van der Waals surface area contributed by atoms with Gasteiger partial charge in [-0.1, -0.05) is 18.2 Å². The fourth-order valence-corrected chi connectivity index (χ4v) is 2.43. The number of aromatic amines is 1. The maximum Gasteiger partial charge on any atom is 0.141 e. The van der Waals surface area contributed by atoms with E-state index in [2.05, 4.69) is 15.0 Å². The minimum absolute atomic E-state index is 0.836. The largest absolute Gasteiger partial charge is 0.456 e. The van der Waals surface area contributed by atoms with Crippen LogP contribution in [0.2, 0.25) is 0 Å². The van der Waals surface area contributed by atoms with Crippen LogP contribution >= 0.6 is 0 Å². The fourth-order valence-electron chi connectivity index (χ4n) is 2.43. The molecule has 0 atom stereocenters. The van der Waals surface area contributed by atoms with Crippen LogP contribution in [0, 0.1) is 6.92 Å². The third-order valence-corrected chi connectivity index (χ3v) is 3.35. The van der Waals surface area contributed by atoms with Gasteiger partial charge in [-0.15, -0.1) is 0 Å². The van der Waals surface area contributed by atoms with Gasteiger partial charge in [0.05, 0.1) is 11.1 Å². The molecule has 19 heavy (non-hydrogen) atoms. The first-order valence-corrected chi connectivity index (χ1v) is 6.10. The molecule has 0 amide bonds. The van der Waals surface area contributed by atoms with Gasteiger partial charge < -0.3 is 9.40 Å². The lowest BCUT2D eigenvalue weighted by Gasteiger charge is -1.97. The summed E-state index contributed by atoms with van der Waals surface area (Å²) in [5.41, 5.74) is 3.68. The minimum atomic E-state index is 0.836. The van der Waals surface area contributed by atoms with E-state index < -0.39 is 0 Å². The van der Waals surface area contributed by atoms with Crippen LogP contribution in [0.25, 0.3) is 33.3 Å². The minimum Gasteiger partial charge on any atom is -0.456 e. The number of benzene rings is 1. The van der Waals surface area contributed by atoms with Crippen LogP contribution in [-0.2, 0) is 0 Å². The van der Waals surface area contributed by atoms with Crippen molar-refractivity contribution in [3.8, 4) is 11.3 Å². The van der Waals surface area contributed by atoms with E-state index in [0.29, 0.717) is 0 Å². The monoisotopic (exact) mass is 249 g/mol. The number of para-hydroxylation sites is 1. The molecule has 0 bridgehead atoms. The van der Waals surface area contributed by atoms with Gasteiger partial charge in [-0.25, -0.2) is 9.97 Å². The Morgan fingerprint density at radius 1 is 1.16 bits per heavy atom. The normalized spacial score (nSPS) is 11.4. The highest BCUT2D eigenvalue weighted by Crippen LogP contribution is 2.33. The summed E-state index contributed by atoms with van der Waals surface area (Å²) in [6.45, 7) is 1.98. The van der Waals surface area contributed by atoms with Crippen molar-refractivity contribution in [2.24, 2.45) is 0 Å². The van der Waals surface area contributed by atoms with E-state index in [-0.39, 0.29) is 0 Å². The van der Waals surface area contributed by atoms with Gasteiger partial charge in [0.1, 0.15) is 23.3 Å². The quantitative estimate of drug-likeness (QED) is 0.560. The molecule has 3 heterocycles. The van der Waals surface area contributed by atoms with E-state index in [4.69, 9.17) is 4.42 Å². The molecule has 1 N–H and O–H groups in total. The maximum absolute atomic E-state index is 5.90. The van der Waals surface area contributed by atoms with Crippen molar-refractivity contribution in [1.82, 2.24) is 15.0 Å². The highest BCUT2D eigenvalue weighted by molar-refractivity contribution is 5.96. The van der Waals surface area contributed by atoms with E-state index in [1.54, 1.807) is 6.33 Å². The summed E-state index contributed by atoms with van der Waals surface area (Å²) >= 11 is 0. The van der Waals surface area contributed by atoms with Gasteiger partial charge in [-0.05, 0) is 19.1 Å². The average Bonchev–Trinajstić information content (AvgIpc) is 3.02. The predicted octanol–water partition coefficient (Wildman–Crippen LogP) is 3.68. The third-order valence-electron chi connectivity index (χ3n) is 3.35. The second kappa shape index (κ2) is 3.68. The van der Waals surface area contributed by atoms with Gasteiger partial charge in [-0.3, -0.25) is 0 Å². The molecule has 4 aromatic rings. The van der Waals surface area contributed by atoms with E-state index in [1.165, 1.54) is 0 Å². The van der Waals surface area contributed by atoms with Crippen molar-refractivity contribution in [2.45, 2.75) is 6.92 Å². The van der Waals surface area contributed by atoms with Crippen molar-refractivity contribution in [2.75, 3.05) is 0 Å². The molecule has 0 spiro atoms. The molecule has 0 saturated carbocycles. The Bertz CT molecular complexity index is 856. The Balaban J connectivity index is 2.04. The number of H-pyrrole nitrogens is 1. The molecule has 92 valence electrons. The molecule has 0 fully saturated rings. The second-order valence-electron chi connectivity index (χ2n) is 4.53. The Labute approximate surface area is 109 Å². The summed E-state index contributed by atoms with van der Waals surface area (Å²) in [6.07, 6.45) is 3.49. The molecule has 0 saturated heterocycles. The van der Waals surface area contributed by atoms with Gasteiger partial charge in [0.15, 0.2) is 0 Å². The van der Waals surface area contributed by atoms with Crippen LogP contribution in [0.1, 0.15) is 5.69 Å². The van der Waals surface area contributed by atoms with Crippen molar-refractivity contribution >= 4 is 22.0 Å². The Hall–Kier alpha value is -2.62. The molecule has 0 unspecified atom stereocenters. The van der Waals surface area contributed by atoms with Gasteiger partial charge >= 0.3 is 0 Å². The first-order chi connectivity index (χ1) is 9.33. The summed E-state index contributed by atoms with van der Waals surface area (Å²) < 4.78 is 5.90. The lowest BCUT2D eigenvalue weighted by molar-refractivity contribution is 0.632. The number of fused-ring (bicyclic) bond motifs is 2. The summed E-state index contributed by atoms with van der Waals surface area (Å²) in [6, 6.07) is 10.0. The first-order valence-electron chi connectivity index (χ1n) is 6.10. The van der Waals surface area contributed by atoms with Crippen molar-refractivity contribution in [1.29, 1.82) is 0 Å². The maximum atomic E-state index is 5.90. The summed E-state index contributed by atoms with van der Waals surface area (Å²) in [7, 11) is 0. The van der Waals surface area contributed by atoms with E-state index >= 15 is 0 Å². The van der Waals surface area contributed by atoms with Crippen LogP contribution in [0.3, 0.4) is 0 Å². The Morgan fingerprint density at radius 3 is 2.95 bits per heavy atom. The average molecular weight is 249 g/mol. The van der Waals surface area contributed by atoms with Crippen LogP contribution < -0.4 is 0 Å². The smallest absolute Gasteiger partial charge is 0.141 e. The van der Waals surface area contributed by atoms with Crippen molar-refractivity contribution in [3.05, 3.63) is 48.5 Å². The summed E-state index contributed by atoms with van der Waals surface area (Å²) in [4.78, 5) is 11.6. The zero-order valence-corrected chi connectivity index (χ0v) is 10.3. The number of nitrogens with zero attached hydrogens (tertiary/aromatic N) is 2. The van der Waals surface area contributed by atoms with Crippen molar-refractivity contribution < 1.29 is 4.42 Å². The molecule has 4 nitrogen and oxygen atoms in total. The molecule has 4 rings (SSSR count). The number of nitrogens with one attached hydrogen (secondary N) is 1. The highest BCUT2D eigenvalue weighted by Gasteiger charge is 2.13. The Morgan fingerprint density at radius 2 is 2.05 bits per heavy atom. The van der Waals surface area contributed by atoms with Gasteiger partial charge in [0.25, 0.3) is 0 Å². The molecular weight excluding hydrogens is 238 g/mol. The molecule has 1 aromatic carbocycles. The topological polar surface area (TPSA) is 54.7 Å². The molecule has 0 aliphatic heterocycles. The Kier molecular flexibility index (Phi) is 2.00. The number of rotatable bonds is 1. The number of aromatic nitrogens is 3. The van der Waals surface area contributed by atoms with E-state index in [0.717, 1.165) is 39.0 Å². The summed E-state index contributed by atoms with van der Waals surface area (Å²) in [5.74, 6) is 0.838. The van der Waals surface area contributed by atoms with Crippen molar-refractivity contribution in [3.63, 3.8) is 0 Å². The standard InChI is InChI=1S/C15H11N3O/c1-9-14-11(7-16-15(14)18-8-17-9)13-6-10-4-2-3-5-12(10)19-13/h2-8H,1H3,(H,16,17,18). The number of aryl methyl sites for hydroxylation is 1. The number of furan rings is 1. The molecule has 0 aliphatic rings. The van der Waals surface area contributed by atoms with Crippen LogP contribution in [0.15, 0.2) is 47.3 Å². The van der Waals surface area contributed by atoms with Crippen LogP contribution in [0.4, 0.5) is 0 Å². The fraction of sp³-hybridized carbons (Fsp3) is 0.0667.